The van der Waals surface area contributed by atoms with Gasteiger partial charge in [-0.25, -0.2) is 0 Å². The summed E-state index contributed by atoms with van der Waals surface area (Å²) in [5.74, 6) is 1.10. The first-order chi connectivity index (χ1) is 16.1. The molecule has 0 spiro atoms. The van der Waals surface area contributed by atoms with Crippen LogP contribution >= 0.6 is 23.5 Å². The molecule has 166 valence electrons. The summed E-state index contributed by atoms with van der Waals surface area (Å²) >= 11 is 3.10. The summed E-state index contributed by atoms with van der Waals surface area (Å²) in [6.45, 7) is 2.63. The van der Waals surface area contributed by atoms with Gasteiger partial charge in [-0.2, -0.15) is 0 Å². The number of aromatic nitrogens is 3. The minimum atomic E-state index is 0.0162. The smallest absolute Gasteiger partial charge is 0.242 e. The lowest BCUT2D eigenvalue weighted by Crippen LogP contribution is -2.30. The lowest BCUT2D eigenvalue weighted by molar-refractivity contribution is -0.115. The third-order valence-corrected chi connectivity index (χ3v) is 7.57. The van der Waals surface area contributed by atoms with Crippen molar-refractivity contribution < 1.29 is 4.79 Å². The van der Waals surface area contributed by atoms with E-state index in [0.29, 0.717) is 6.54 Å². The molecule has 0 aliphatic carbocycles. The largest absolute Gasteiger partial charge is 0.378 e. The molecule has 1 aromatic heterocycles. The first kappa shape index (κ1) is 21.6. The van der Waals surface area contributed by atoms with Crippen molar-refractivity contribution in [1.82, 2.24) is 14.8 Å². The van der Waals surface area contributed by atoms with Crippen molar-refractivity contribution in [2.45, 2.75) is 28.4 Å². The zero-order chi connectivity index (χ0) is 22.8. The van der Waals surface area contributed by atoms with Crippen LogP contribution in [0.4, 0.5) is 17.1 Å². The van der Waals surface area contributed by atoms with Gasteiger partial charge in [-0.05, 0) is 43.3 Å². The predicted octanol–water partition coefficient (Wildman–Crippen LogP) is 5.66. The van der Waals surface area contributed by atoms with Crippen molar-refractivity contribution in [2.24, 2.45) is 7.05 Å². The van der Waals surface area contributed by atoms with Crippen LogP contribution in [0.15, 0.2) is 87.7 Å². The molecular weight excluding hydrogens is 450 g/mol. The Hall–Kier alpha value is -3.23. The van der Waals surface area contributed by atoms with Crippen LogP contribution in [-0.4, -0.2) is 26.4 Å². The van der Waals surface area contributed by atoms with E-state index >= 15 is 0 Å². The van der Waals surface area contributed by atoms with Gasteiger partial charge in [0.25, 0.3) is 0 Å². The van der Waals surface area contributed by atoms with E-state index in [-0.39, 0.29) is 11.7 Å². The summed E-state index contributed by atoms with van der Waals surface area (Å²) in [5, 5.41) is 12.7. The maximum atomic E-state index is 13.4. The van der Waals surface area contributed by atoms with Gasteiger partial charge in [0.1, 0.15) is 0 Å². The van der Waals surface area contributed by atoms with E-state index in [1.807, 2.05) is 65.0 Å². The van der Waals surface area contributed by atoms with Gasteiger partial charge in [0.05, 0.1) is 23.7 Å². The monoisotopic (exact) mass is 473 g/mol. The molecule has 0 radical (unpaired) electrons. The second kappa shape index (κ2) is 9.33. The Labute approximate surface area is 201 Å². The highest BCUT2D eigenvalue weighted by atomic mass is 32.2. The third kappa shape index (κ3) is 4.49. The van der Waals surface area contributed by atoms with Crippen molar-refractivity contribution in [2.75, 3.05) is 16.0 Å². The Morgan fingerprint density at radius 2 is 1.58 bits per heavy atom. The number of fused-ring (bicyclic) bond motifs is 2. The van der Waals surface area contributed by atoms with E-state index in [9.17, 15) is 4.79 Å². The normalized spacial score (nSPS) is 12.2. The van der Waals surface area contributed by atoms with Crippen molar-refractivity contribution in [3.63, 3.8) is 0 Å². The molecule has 2 heterocycles. The van der Waals surface area contributed by atoms with Crippen molar-refractivity contribution >= 4 is 46.5 Å². The summed E-state index contributed by atoms with van der Waals surface area (Å²) < 4.78 is 1.94. The average Bonchev–Trinajstić information content (AvgIpc) is 3.19. The Morgan fingerprint density at radius 3 is 2.24 bits per heavy atom. The maximum Gasteiger partial charge on any atom is 0.242 e. The number of hydrogen-bond acceptors (Lipinski definition) is 6. The second-order valence-corrected chi connectivity index (χ2v) is 9.76. The lowest BCUT2D eigenvalue weighted by atomic mass is 10.2. The summed E-state index contributed by atoms with van der Waals surface area (Å²) in [5.41, 5.74) is 4.11. The number of rotatable bonds is 6. The quantitative estimate of drug-likeness (QED) is 0.365. The minimum absolute atomic E-state index is 0.0162. The summed E-state index contributed by atoms with van der Waals surface area (Å²) in [4.78, 5) is 17.4. The van der Waals surface area contributed by atoms with Gasteiger partial charge in [-0.3, -0.25) is 9.69 Å². The van der Waals surface area contributed by atoms with E-state index in [2.05, 4.69) is 46.7 Å². The highest BCUT2D eigenvalue weighted by Crippen LogP contribution is 2.48. The van der Waals surface area contributed by atoms with Crippen LogP contribution in [0.1, 0.15) is 11.4 Å². The molecule has 0 fully saturated rings. The molecule has 1 aliphatic rings. The molecule has 3 aromatic carbocycles. The number of anilines is 3. The second-order valence-electron chi connectivity index (χ2n) is 7.73. The average molecular weight is 474 g/mol. The SMILES string of the molecule is Cc1ccc(NCc2nnc(SCC(=O)N3c4ccccc4Sc4ccccc43)n2C)cc1. The number of amides is 1. The molecule has 4 aromatic rings. The van der Waals surface area contributed by atoms with Crippen LogP contribution < -0.4 is 10.2 Å². The topological polar surface area (TPSA) is 63.1 Å². The van der Waals surface area contributed by atoms with E-state index < -0.39 is 0 Å². The molecule has 0 saturated carbocycles. The zero-order valence-corrected chi connectivity index (χ0v) is 20.0. The predicted molar refractivity (Wildman–Crippen MR) is 134 cm³/mol. The Bertz CT molecular complexity index is 1260. The van der Waals surface area contributed by atoms with Crippen LogP contribution in [-0.2, 0) is 18.4 Å². The third-order valence-electron chi connectivity index (χ3n) is 5.43. The summed E-state index contributed by atoms with van der Waals surface area (Å²) in [6, 6.07) is 24.3. The Morgan fingerprint density at radius 1 is 0.939 bits per heavy atom. The van der Waals surface area contributed by atoms with Crippen molar-refractivity contribution in [3.8, 4) is 0 Å². The number of benzene rings is 3. The molecule has 8 heteroatoms. The maximum absolute atomic E-state index is 13.4. The molecule has 33 heavy (non-hydrogen) atoms. The van der Waals surface area contributed by atoms with E-state index in [1.54, 1.807) is 11.8 Å². The molecule has 1 amide bonds. The highest BCUT2D eigenvalue weighted by molar-refractivity contribution is 8.00. The number of nitrogens with one attached hydrogen (secondary N) is 1. The summed E-state index contributed by atoms with van der Waals surface area (Å²) in [7, 11) is 1.93. The number of para-hydroxylation sites is 2. The number of thioether (sulfide) groups is 1. The van der Waals surface area contributed by atoms with Gasteiger partial charge in [-0.1, -0.05) is 65.5 Å². The number of aryl methyl sites for hydroxylation is 1. The van der Waals surface area contributed by atoms with Crippen LogP contribution in [0.3, 0.4) is 0 Å². The van der Waals surface area contributed by atoms with Crippen LogP contribution in [0.5, 0.6) is 0 Å². The van der Waals surface area contributed by atoms with E-state index in [0.717, 1.165) is 37.8 Å². The minimum Gasteiger partial charge on any atom is -0.378 e. The number of nitrogens with zero attached hydrogens (tertiary/aromatic N) is 4. The zero-order valence-electron chi connectivity index (χ0n) is 18.4. The van der Waals surface area contributed by atoms with Gasteiger partial charge >= 0.3 is 0 Å². The fraction of sp³-hybridized carbons (Fsp3) is 0.160. The van der Waals surface area contributed by atoms with Crippen molar-refractivity contribution in [1.29, 1.82) is 0 Å². The van der Waals surface area contributed by atoms with Gasteiger partial charge in [0.15, 0.2) is 11.0 Å². The molecule has 6 nitrogen and oxygen atoms in total. The standard InChI is InChI=1S/C25H23N5OS2/c1-17-11-13-18(14-12-17)26-15-23-27-28-25(29(23)2)32-16-24(31)30-19-7-3-5-9-21(19)33-22-10-6-4-8-20(22)30/h3-14,26H,15-16H2,1-2H3. The molecule has 0 atom stereocenters. The van der Waals surface area contributed by atoms with Crippen LogP contribution in [0.25, 0.3) is 0 Å². The van der Waals surface area contributed by atoms with Crippen LogP contribution in [0.2, 0.25) is 0 Å². The van der Waals surface area contributed by atoms with Gasteiger partial charge in [-0.15, -0.1) is 10.2 Å². The molecular formula is C25H23N5OS2. The Kier molecular flexibility index (Phi) is 6.11. The van der Waals surface area contributed by atoms with Crippen LogP contribution in [0, 0.1) is 6.92 Å². The van der Waals surface area contributed by atoms with E-state index in [4.69, 9.17) is 0 Å². The fourth-order valence-electron chi connectivity index (χ4n) is 3.64. The highest BCUT2D eigenvalue weighted by Gasteiger charge is 2.28. The van der Waals surface area contributed by atoms with Crippen molar-refractivity contribution in [3.05, 3.63) is 84.2 Å². The Balaban J connectivity index is 1.29. The molecule has 0 unspecified atom stereocenters. The fourth-order valence-corrected chi connectivity index (χ4v) is 5.48. The first-order valence-electron chi connectivity index (χ1n) is 10.6. The molecule has 5 rings (SSSR count). The molecule has 0 saturated heterocycles. The lowest BCUT2D eigenvalue weighted by Gasteiger charge is -2.30. The van der Waals surface area contributed by atoms with Gasteiger partial charge in [0.2, 0.25) is 5.91 Å². The van der Waals surface area contributed by atoms with Gasteiger partial charge in [0, 0.05) is 22.5 Å². The summed E-state index contributed by atoms with van der Waals surface area (Å²) in [6.07, 6.45) is 0. The number of hydrogen-bond donors (Lipinski definition) is 1. The molecule has 1 aliphatic heterocycles. The van der Waals surface area contributed by atoms with E-state index in [1.165, 1.54) is 17.3 Å². The first-order valence-corrected chi connectivity index (χ1v) is 12.4. The number of carbonyl (C=O) groups is 1. The molecule has 0 bridgehead atoms. The molecule has 1 N–H and O–H groups in total. The van der Waals surface area contributed by atoms with Gasteiger partial charge < -0.3 is 9.88 Å². The number of carbonyl (C=O) groups excluding carboxylic acids is 1.